The van der Waals surface area contributed by atoms with E-state index >= 15 is 4.39 Å². The summed E-state index contributed by atoms with van der Waals surface area (Å²) in [6.07, 6.45) is 0.751. The molecule has 1 amide bonds. The van der Waals surface area contributed by atoms with Gasteiger partial charge < -0.3 is 4.90 Å². The fourth-order valence-corrected chi connectivity index (χ4v) is 5.31. The molecule has 0 spiro atoms. The molecule has 34 heavy (non-hydrogen) atoms. The van der Waals surface area contributed by atoms with Crippen molar-refractivity contribution in [2.75, 3.05) is 12.3 Å². The van der Waals surface area contributed by atoms with Crippen LogP contribution in [0, 0.1) is 17.6 Å². The summed E-state index contributed by atoms with van der Waals surface area (Å²) in [5.74, 6) is -6.44. The molecule has 184 valence electrons. The van der Waals surface area contributed by atoms with Gasteiger partial charge in [-0.15, -0.1) is 0 Å². The largest absolute Gasteiger partial charge is 0.331 e. The number of hydrogen-bond donors (Lipinski definition) is 1. The van der Waals surface area contributed by atoms with E-state index < -0.39 is 63.8 Å². The van der Waals surface area contributed by atoms with Crippen LogP contribution in [-0.4, -0.2) is 49.5 Å². The van der Waals surface area contributed by atoms with Gasteiger partial charge in [0.05, 0.1) is 18.3 Å². The Balaban J connectivity index is 1.74. The third-order valence-electron chi connectivity index (χ3n) is 6.24. The lowest BCUT2D eigenvalue weighted by molar-refractivity contribution is -0.134. The number of halogens is 5. The minimum Gasteiger partial charge on any atom is -0.331 e. The molecule has 2 atom stereocenters. The van der Waals surface area contributed by atoms with E-state index in [2.05, 4.69) is 0 Å². The Bertz CT molecular complexity index is 1220. The Morgan fingerprint density at radius 2 is 1.88 bits per heavy atom. The lowest BCUT2D eigenvalue weighted by atomic mass is 9.95. The van der Waals surface area contributed by atoms with Gasteiger partial charge in [-0.25, -0.2) is 30.7 Å². The molecule has 0 radical (unpaired) electrons. The lowest BCUT2D eigenvalue weighted by Crippen LogP contribution is -2.52. The summed E-state index contributed by atoms with van der Waals surface area (Å²) < 4.78 is 86.2. The van der Waals surface area contributed by atoms with Crippen LogP contribution < -0.4 is 4.72 Å². The van der Waals surface area contributed by atoms with Crippen LogP contribution in [0.2, 0.25) is 5.02 Å². The van der Waals surface area contributed by atoms with Gasteiger partial charge >= 0.3 is 0 Å². The van der Waals surface area contributed by atoms with Gasteiger partial charge in [-0.1, -0.05) is 29.8 Å². The van der Waals surface area contributed by atoms with Gasteiger partial charge in [-0.2, -0.15) is 0 Å². The van der Waals surface area contributed by atoms with E-state index in [4.69, 9.17) is 11.6 Å². The van der Waals surface area contributed by atoms with Crippen molar-refractivity contribution in [3.05, 3.63) is 58.6 Å². The molecule has 1 aliphatic carbocycles. The summed E-state index contributed by atoms with van der Waals surface area (Å²) >= 11 is 5.93. The second-order valence-corrected chi connectivity index (χ2v) is 11.2. The number of amides is 1. The number of alkyl halides is 2. The van der Waals surface area contributed by atoms with Crippen LogP contribution in [0.25, 0.3) is 11.1 Å². The first-order valence-electron chi connectivity index (χ1n) is 10.8. The molecule has 0 aromatic heterocycles. The van der Waals surface area contributed by atoms with E-state index in [1.165, 1.54) is 37.3 Å². The Morgan fingerprint density at radius 3 is 2.53 bits per heavy atom. The highest BCUT2D eigenvalue weighted by atomic mass is 35.5. The molecule has 1 heterocycles. The molecule has 2 fully saturated rings. The van der Waals surface area contributed by atoms with E-state index in [-0.39, 0.29) is 28.1 Å². The van der Waals surface area contributed by atoms with E-state index in [1.807, 2.05) is 4.72 Å². The van der Waals surface area contributed by atoms with E-state index in [1.54, 1.807) is 0 Å². The van der Waals surface area contributed by atoms with Crippen molar-refractivity contribution in [3.63, 3.8) is 0 Å². The van der Waals surface area contributed by atoms with E-state index in [9.17, 15) is 26.4 Å². The van der Waals surface area contributed by atoms with Crippen molar-refractivity contribution < 1.29 is 30.8 Å². The minimum atomic E-state index is -4.05. The molecule has 2 aromatic rings. The van der Waals surface area contributed by atoms with Crippen LogP contribution in [0.1, 0.15) is 25.3 Å². The lowest BCUT2D eigenvalue weighted by Gasteiger charge is -2.29. The van der Waals surface area contributed by atoms with Crippen molar-refractivity contribution in [2.24, 2.45) is 5.92 Å². The van der Waals surface area contributed by atoms with Gasteiger partial charge in [0.1, 0.15) is 17.7 Å². The molecule has 4 rings (SSSR count). The number of nitrogens with zero attached hydrogens (tertiary/aromatic N) is 1. The van der Waals surface area contributed by atoms with Gasteiger partial charge in [0.2, 0.25) is 15.9 Å². The van der Waals surface area contributed by atoms with E-state index in [0.29, 0.717) is 12.8 Å². The standard InChI is InChI=1S/C23H23ClF4N2O3S/c1-2-34(32,33)29-21-19(30(12-23(21,27)28)22(31)13-6-7-13)10-14-4-3-5-16(20(14)26)17-11-15(24)8-9-18(17)25/h3-5,8-9,11,13,19,21,29H,2,6-7,10,12H2,1H3/t19-,21+/m0/s1. The average Bonchev–Trinajstić information content (AvgIpc) is 3.59. The van der Waals surface area contributed by atoms with Gasteiger partial charge in [0.25, 0.3) is 5.92 Å². The molecular weight excluding hydrogens is 496 g/mol. The number of carbonyl (C=O) groups is 1. The quantitative estimate of drug-likeness (QED) is 0.553. The molecule has 0 bridgehead atoms. The Hall–Kier alpha value is -2.17. The molecule has 5 nitrogen and oxygen atoms in total. The highest BCUT2D eigenvalue weighted by Gasteiger charge is 2.58. The number of likely N-dealkylation sites (tertiary alicyclic amines) is 1. The maximum atomic E-state index is 15.5. The highest BCUT2D eigenvalue weighted by Crippen LogP contribution is 2.40. The normalized spacial score (nSPS) is 22.2. The zero-order valence-corrected chi connectivity index (χ0v) is 19.8. The first kappa shape index (κ1) is 24.9. The van der Waals surface area contributed by atoms with E-state index in [0.717, 1.165) is 11.0 Å². The van der Waals surface area contributed by atoms with Crippen LogP contribution in [0.4, 0.5) is 17.6 Å². The van der Waals surface area contributed by atoms with Gasteiger partial charge in [0.15, 0.2) is 0 Å². The minimum absolute atomic E-state index is 0.0473. The summed E-state index contributed by atoms with van der Waals surface area (Å²) in [6.45, 7) is 0.342. The predicted octanol–water partition coefficient (Wildman–Crippen LogP) is 4.39. The monoisotopic (exact) mass is 518 g/mol. The first-order valence-corrected chi connectivity index (χ1v) is 12.9. The predicted molar refractivity (Wildman–Crippen MR) is 120 cm³/mol. The second kappa shape index (κ2) is 9.13. The molecule has 1 saturated heterocycles. The third kappa shape index (κ3) is 4.94. The van der Waals surface area contributed by atoms with Crippen LogP contribution >= 0.6 is 11.6 Å². The van der Waals surface area contributed by atoms with Crippen molar-refractivity contribution in [3.8, 4) is 11.1 Å². The average molecular weight is 519 g/mol. The maximum Gasteiger partial charge on any atom is 0.283 e. The van der Waals surface area contributed by atoms with Crippen LogP contribution in [0.15, 0.2) is 36.4 Å². The number of benzene rings is 2. The van der Waals surface area contributed by atoms with Crippen molar-refractivity contribution >= 4 is 27.5 Å². The summed E-state index contributed by atoms with van der Waals surface area (Å²) in [5.41, 5.74) is -0.264. The second-order valence-electron chi connectivity index (χ2n) is 8.67. The SMILES string of the molecule is CCS(=O)(=O)N[C@@H]1[C@H](Cc2cccc(-c3cc(Cl)ccc3F)c2F)N(C(=O)C2CC2)CC1(F)F. The molecule has 1 saturated carbocycles. The number of hydrogen-bond acceptors (Lipinski definition) is 3. The Labute approximate surface area is 200 Å². The smallest absolute Gasteiger partial charge is 0.283 e. The zero-order valence-electron chi connectivity index (χ0n) is 18.2. The molecule has 0 unspecified atom stereocenters. The summed E-state index contributed by atoms with van der Waals surface area (Å²) in [5, 5.41) is 0.187. The first-order chi connectivity index (χ1) is 15.9. The molecule has 2 aromatic carbocycles. The van der Waals surface area contributed by atoms with Crippen LogP contribution in [-0.2, 0) is 21.2 Å². The summed E-state index contributed by atoms with van der Waals surface area (Å²) in [7, 11) is -4.05. The molecular formula is C23H23ClF4N2O3S. The molecule has 11 heteroatoms. The Morgan fingerprint density at radius 1 is 1.18 bits per heavy atom. The topological polar surface area (TPSA) is 66.5 Å². The van der Waals surface area contributed by atoms with Crippen LogP contribution in [0.5, 0.6) is 0 Å². The fourth-order valence-electron chi connectivity index (χ4n) is 4.25. The number of nitrogens with one attached hydrogen (secondary N) is 1. The molecule has 2 aliphatic rings. The number of rotatable bonds is 7. The number of sulfonamides is 1. The maximum absolute atomic E-state index is 15.5. The van der Waals surface area contributed by atoms with Crippen LogP contribution in [0.3, 0.4) is 0 Å². The summed E-state index contributed by atoms with van der Waals surface area (Å²) in [6, 6.07) is 4.54. The van der Waals surface area contributed by atoms with Gasteiger partial charge in [0, 0.05) is 22.1 Å². The van der Waals surface area contributed by atoms with Crippen molar-refractivity contribution in [1.29, 1.82) is 0 Å². The highest BCUT2D eigenvalue weighted by molar-refractivity contribution is 7.89. The zero-order chi connectivity index (χ0) is 24.8. The third-order valence-corrected chi connectivity index (χ3v) is 7.85. The summed E-state index contributed by atoms with van der Waals surface area (Å²) in [4.78, 5) is 13.8. The molecule has 1 N–H and O–H groups in total. The number of carbonyl (C=O) groups excluding carboxylic acids is 1. The van der Waals surface area contributed by atoms with Crippen molar-refractivity contribution in [2.45, 2.75) is 44.2 Å². The van der Waals surface area contributed by atoms with Gasteiger partial charge in [-0.05, 0) is 49.9 Å². The van der Waals surface area contributed by atoms with Crippen molar-refractivity contribution in [1.82, 2.24) is 9.62 Å². The van der Waals surface area contributed by atoms with Gasteiger partial charge in [-0.3, -0.25) is 4.79 Å². The Kier molecular flexibility index (Phi) is 6.69. The fraction of sp³-hybridized carbons (Fsp3) is 0.435. The molecule has 1 aliphatic heterocycles.